The van der Waals surface area contributed by atoms with Crippen molar-refractivity contribution in [2.45, 2.75) is 6.18 Å². The molecule has 0 aliphatic carbocycles. The lowest BCUT2D eigenvalue weighted by Gasteiger charge is -2.14. The Hall–Kier alpha value is -3.06. The third-order valence-electron chi connectivity index (χ3n) is 3.76. The summed E-state index contributed by atoms with van der Waals surface area (Å²) in [6.45, 7) is 0. The Kier molecular flexibility index (Phi) is 5.05. The number of pyridine rings is 1. The van der Waals surface area contributed by atoms with Gasteiger partial charge in [0.2, 0.25) is 0 Å². The van der Waals surface area contributed by atoms with Crippen LogP contribution in [0.15, 0.2) is 60.8 Å². The maximum absolute atomic E-state index is 12.7. The molecule has 8 heteroatoms. The minimum atomic E-state index is -4.42. The van der Waals surface area contributed by atoms with Crippen molar-refractivity contribution in [2.75, 3.05) is 5.32 Å². The summed E-state index contributed by atoms with van der Waals surface area (Å²) >= 11 is 5.99. The monoisotopic (exact) mass is 392 g/mol. The maximum atomic E-state index is 12.7. The Labute approximate surface area is 157 Å². The van der Waals surface area contributed by atoms with Crippen LogP contribution in [0.3, 0.4) is 0 Å². The molecule has 3 aromatic rings. The lowest BCUT2D eigenvalue weighted by molar-refractivity contribution is -0.137. The Morgan fingerprint density at radius 3 is 2.33 bits per heavy atom. The van der Waals surface area contributed by atoms with Crippen molar-refractivity contribution in [3.8, 4) is 11.3 Å². The molecular weight excluding hydrogens is 381 g/mol. The van der Waals surface area contributed by atoms with E-state index in [1.807, 2.05) is 0 Å². The predicted molar refractivity (Wildman–Crippen MR) is 96.4 cm³/mol. The molecule has 1 heterocycles. The molecule has 3 rings (SSSR count). The number of nitrogens with one attached hydrogen (secondary N) is 1. The zero-order valence-electron chi connectivity index (χ0n) is 13.6. The third-order valence-corrected chi connectivity index (χ3v) is 3.99. The fourth-order valence-corrected chi connectivity index (χ4v) is 2.61. The van der Waals surface area contributed by atoms with Gasteiger partial charge in [0.05, 0.1) is 16.8 Å². The first-order chi connectivity index (χ1) is 12.7. The molecule has 0 atom stereocenters. The van der Waals surface area contributed by atoms with Gasteiger partial charge < -0.3 is 10.4 Å². The summed E-state index contributed by atoms with van der Waals surface area (Å²) in [7, 11) is 0. The van der Waals surface area contributed by atoms with E-state index in [-0.39, 0.29) is 5.56 Å². The van der Waals surface area contributed by atoms with Gasteiger partial charge in [-0.15, -0.1) is 0 Å². The average molecular weight is 393 g/mol. The molecule has 138 valence electrons. The lowest BCUT2D eigenvalue weighted by Crippen LogP contribution is -2.04. The van der Waals surface area contributed by atoms with Gasteiger partial charge in [0.25, 0.3) is 0 Å². The minimum Gasteiger partial charge on any atom is -0.478 e. The summed E-state index contributed by atoms with van der Waals surface area (Å²) in [6.07, 6.45) is -2.94. The summed E-state index contributed by atoms with van der Waals surface area (Å²) < 4.78 is 38.1. The zero-order valence-corrected chi connectivity index (χ0v) is 14.3. The normalized spacial score (nSPS) is 11.3. The Bertz CT molecular complexity index is 989. The van der Waals surface area contributed by atoms with E-state index in [0.29, 0.717) is 27.7 Å². The molecule has 1 aromatic heterocycles. The smallest absolute Gasteiger partial charge is 0.416 e. The van der Waals surface area contributed by atoms with Gasteiger partial charge >= 0.3 is 12.1 Å². The molecular formula is C19H12ClF3N2O2. The van der Waals surface area contributed by atoms with Crippen LogP contribution >= 0.6 is 11.6 Å². The zero-order chi connectivity index (χ0) is 19.6. The van der Waals surface area contributed by atoms with Gasteiger partial charge in [-0.1, -0.05) is 11.6 Å². The molecule has 0 aliphatic rings. The molecule has 0 amide bonds. The van der Waals surface area contributed by atoms with Crippen LogP contribution < -0.4 is 5.32 Å². The number of benzene rings is 2. The molecule has 4 nitrogen and oxygen atoms in total. The number of carbonyl (C=O) groups is 1. The van der Waals surface area contributed by atoms with E-state index in [9.17, 15) is 23.1 Å². The predicted octanol–water partition coefficient (Wildman–Crippen LogP) is 5.86. The van der Waals surface area contributed by atoms with E-state index in [2.05, 4.69) is 10.3 Å². The summed E-state index contributed by atoms with van der Waals surface area (Å²) in [5.41, 5.74) is 1.07. The number of carboxylic acid groups (broad SMARTS) is 1. The van der Waals surface area contributed by atoms with Crippen molar-refractivity contribution in [3.05, 3.63) is 76.9 Å². The van der Waals surface area contributed by atoms with Gasteiger partial charge in [-0.25, -0.2) is 4.79 Å². The molecule has 2 N–H and O–H groups in total. The molecule has 0 fully saturated rings. The van der Waals surface area contributed by atoms with Crippen LogP contribution in [0.5, 0.6) is 0 Å². The molecule has 0 saturated carbocycles. The summed E-state index contributed by atoms with van der Waals surface area (Å²) in [6, 6.07) is 12.0. The first-order valence-electron chi connectivity index (χ1n) is 7.67. The topological polar surface area (TPSA) is 62.2 Å². The largest absolute Gasteiger partial charge is 0.478 e. The number of hydrogen-bond acceptors (Lipinski definition) is 3. The number of aromatic nitrogens is 1. The number of halogens is 4. The molecule has 0 unspecified atom stereocenters. The van der Waals surface area contributed by atoms with Gasteiger partial charge in [-0.2, -0.15) is 13.2 Å². The van der Waals surface area contributed by atoms with Crippen LogP contribution in [0, 0.1) is 0 Å². The highest BCUT2D eigenvalue weighted by molar-refractivity contribution is 6.30. The van der Waals surface area contributed by atoms with Gasteiger partial charge in [0.1, 0.15) is 0 Å². The van der Waals surface area contributed by atoms with Crippen molar-refractivity contribution in [1.29, 1.82) is 0 Å². The Balaban J connectivity index is 2.01. The summed E-state index contributed by atoms with van der Waals surface area (Å²) in [5.74, 6) is -1.11. The Morgan fingerprint density at radius 1 is 1.04 bits per heavy atom. The van der Waals surface area contributed by atoms with Crippen LogP contribution in [0.4, 0.5) is 24.5 Å². The van der Waals surface area contributed by atoms with Gasteiger partial charge in [0, 0.05) is 28.2 Å². The molecule has 0 radical (unpaired) electrons. The average Bonchev–Trinajstić information content (AvgIpc) is 2.61. The molecule has 0 spiro atoms. The minimum absolute atomic E-state index is 0.0461. The fraction of sp³-hybridized carbons (Fsp3) is 0.0526. The van der Waals surface area contributed by atoms with Crippen molar-refractivity contribution >= 4 is 28.9 Å². The highest BCUT2D eigenvalue weighted by Crippen LogP contribution is 2.33. The molecule has 0 saturated heterocycles. The molecule has 0 aliphatic heterocycles. The number of anilines is 2. The molecule has 27 heavy (non-hydrogen) atoms. The second-order valence-corrected chi connectivity index (χ2v) is 6.06. The number of nitrogens with zero attached hydrogens (tertiary/aromatic N) is 1. The third kappa shape index (κ3) is 4.38. The van der Waals surface area contributed by atoms with Crippen molar-refractivity contribution in [2.24, 2.45) is 0 Å². The Morgan fingerprint density at radius 2 is 1.74 bits per heavy atom. The second-order valence-electron chi connectivity index (χ2n) is 5.62. The van der Waals surface area contributed by atoms with Gasteiger partial charge in [0.15, 0.2) is 0 Å². The fourth-order valence-electron chi connectivity index (χ4n) is 2.45. The number of hydrogen-bond donors (Lipinski definition) is 2. The first kappa shape index (κ1) is 18.7. The van der Waals surface area contributed by atoms with Crippen molar-refractivity contribution < 1.29 is 23.1 Å². The quantitative estimate of drug-likeness (QED) is 0.583. The highest BCUT2D eigenvalue weighted by atomic mass is 35.5. The van der Waals surface area contributed by atoms with Crippen LogP contribution in [-0.2, 0) is 6.18 Å². The lowest BCUT2D eigenvalue weighted by atomic mass is 10.0. The number of aromatic carboxylic acids is 1. The van der Waals surface area contributed by atoms with Crippen molar-refractivity contribution in [3.63, 3.8) is 0 Å². The second kappa shape index (κ2) is 7.28. The summed E-state index contributed by atoms with van der Waals surface area (Å²) in [4.78, 5) is 15.5. The highest BCUT2D eigenvalue weighted by Gasteiger charge is 2.29. The number of carboxylic acids is 1. The standard InChI is InChI=1S/C19H12ClF3N2O2/c20-13-7-8-24-17(10-13)15-9-11(18(26)27)1-6-16(15)25-14-4-2-12(3-5-14)19(21,22)23/h1-10,25H,(H,26,27). The van der Waals surface area contributed by atoms with E-state index in [1.165, 1.54) is 36.5 Å². The number of rotatable bonds is 4. The van der Waals surface area contributed by atoms with E-state index >= 15 is 0 Å². The summed E-state index contributed by atoms with van der Waals surface area (Å²) in [5, 5.41) is 12.6. The van der Waals surface area contributed by atoms with E-state index in [4.69, 9.17) is 11.6 Å². The van der Waals surface area contributed by atoms with Crippen molar-refractivity contribution in [1.82, 2.24) is 4.98 Å². The van der Waals surface area contributed by atoms with Gasteiger partial charge in [-0.05, 0) is 54.6 Å². The molecule has 2 aromatic carbocycles. The van der Waals surface area contributed by atoms with E-state index in [0.717, 1.165) is 12.1 Å². The number of alkyl halides is 3. The van der Waals surface area contributed by atoms with E-state index in [1.54, 1.807) is 12.1 Å². The van der Waals surface area contributed by atoms with Crippen LogP contribution in [-0.4, -0.2) is 16.1 Å². The SMILES string of the molecule is O=C(O)c1ccc(Nc2ccc(C(F)(F)F)cc2)c(-c2cc(Cl)ccn2)c1. The van der Waals surface area contributed by atoms with Crippen LogP contribution in [0.25, 0.3) is 11.3 Å². The van der Waals surface area contributed by atoms with Gasteiger partial charge in [-0.3, -0.25) is 4.98 Å². The van der Waals surface area contributed by atoms with E-state index < -0.39 is 17.7 Å². The van der Waals surface area contributed by atoms with Crippen LogP contribution in [0.2, 0.25) is 5.02 Å². The maximum Gasteiger partial charge on any atom is 0.416 e. The van der Waals surface area contributed by atoms with Crippen LogP contribution in [0.1, 0.15) is 15.9 Å². The molecule has 0 bridgehead atoms. The first-order valence-corrected chi connectivity index (χ1v) is 8.05.